The standard InChI is InChI=1S/C19H29F3N2/c1-18(2,3)10-12-24(16-8-6-11-23-13-16)14-15-7-4-5-9-17(15)19(20,21)22/h4-5,7,9,16,23H,6,8,10-14H2,1-3H3/t16-/m0/s1. The number of rotatable bonds is 5. The van der Waals surface area contributed by atoms with Gasteiger partial charge in [-0.1, -0.05) is 39.0 Å². The number of piperidine rings is 1. The zero-order valence-corrected chi connectivity index (χ0v) is 14.9. The maximum atomic E-state index is 13.3. The number of hydrogen-bond acceptors (Lipinski definition) is 2. The second-order valence-corrected chi connectivity index (χ2v) is 7.94. The average Bonchev–Trinajstić information content (AvgIpc) is 2.51. The molecule has 0 amide bonds. The number of halogens is 3. The lowest BCUT2D eigenvalue weighted by Crippen LogP contribution is -2.46. The van der Waals surface area contributed by atoms with E-state index >= 15 is 0 Å². The van der Waals surface area contributed by atoms with Crippen molar-refractivity contribution >= 4 is 0 Å². The summed E-state index contributed by atoms with van der Waals surface area (Å²) in [5.41, 5.74) is 0.0446. The van der Waals surface area contributed by atoms with E-state index in [0.717, 1.165) is 38.9 Å². The number of benzene rings is 1. The van der Waals surface area contributed by atoms with Gasteiger partial charge in [-0.2, -0.15) is 13.2 Å². The number of nitrogens with zero attached hydrogens (tertiary/aromatic N) is 1. The molecule has 0 unspecified atom stereocenters. The van der Waals surface area contributed by atoms with Crippen LogP contribution in [0.2, 0.25) is 0 Å². The molecule has 0 saturated carbocycles. The lowest BCUT2D eigenvalue weighted by atomic mass is 9.91. The van der Waals surface area contributed by atoms with Gasteiger partial charge in [0.25, 0.3) is 0 Å². The van der Waals surface area contributed by atoms with Gasteiger partial charge in [0, 0.05) is 19.1 Å². The van der Waals surface area contributed by atoms with Crippen LogP contribution >= 0.6 is 0 Å². The van der Waals surface area contributed by atoms with Gasteiger partial charge in [0.1, 0.15) is 0 Å². The monoisotopic (exact) mass is 342 g/mol. The molecule has 1 fully saturated rings. The highest BCUT2D eigenvalue weighted by molar-refractivity contribution is 5.29. The summed E-state index contributed by atoms with van der Waals surface area (Å²) >= 11 is 0. The minimum absolute atomic E-state index is 0.171. The SMILES string of the molecule is CC(C)(C)CCN(Cc1ccccc1C(F)(F)F)[C@H]1CCCNC1. The van der Waals surface area contributed by atoms with Gasteiger partial charge in [-0.05, 0) is 49.4 Å². The third kappa shape index (κ3) is 5.78. The second-order valence-electron chi connectivity index (χ2n) is 7.94. The Kier molecular flexibility index (Phi) is 6.32. The molecule has 1 atom stereocenters. The number of hydrogen-bond donors (Lipinski definition) is 1. The Bertz CT molecular complexity index is 514. The highest BCUT2D eigenvalue weighted by Gasteiger charge is 2.34. The zero-order valence-electron chi connectivity index (χ0n) is 14.9. The first kappa shape index (κ1) is 19.3. The van der Waals surface area contributed by atoms with Gasteiger partial charge in [0.15, 0.2) is 0 Å². The van der Waals surface area contributed by atoms with E-state index in [2.05, 4.69) is 31.0 Å². The van der Waals surface area contributed by atoms with E-state index < -0.39 is 11.7 Å². The van der Waals surface area contributed by atoms with Crippen molar-refractivity contribution in [2.75, 3.05) is 19.6 Å². The van der Waals surface area contributed by atoms with Crippen LogP contribution in [0.25, 0.3) is 0 Å². The molecule has 0 bridgehead atoms. The van der Waals surface area contributed by atoms with Gasteiger partial charge in [-0.3, -0.25) is 4.90 Å². The van der Waals surface area contributed by atoms with Gasteiger partial charge >= 0.3 is 6.18 Å². The molecule has 1 saturated heterocycles. The molecule has 0 radical (unpaired) electrons. The average molecular weight is 342 g/mol. The maximum absolute atomic E-state index is 13.3. The van der Waals surface area contributed by atoms with E-state index in [9.17, 15) is 13.2 Å². The van der Waals surface area contributed by atoms with Crippen LogP contribution in [-0.4, -0.2) is 30.6 Å². The predicted molar refractivity (Wildman–Crippen MR) is 91.8 cm³/mol. The molecule has 24 heavy (non-hydrogen) atoms. The molecule has 1 N–H and O–H groups in total. The van der Waals surface area contributed by atoms with Crippen molar-refractivity contribution in [2.24, 2.45) is 5.41 Å². The van der Waals surface area contributed by atoms with Gasteiger partial charge < -0.3 is 5.32 Å². The van der Waals surface area contributed by atoms with E-state index in [0.29, 0.717) is 18.2 Å². The lowest BCUT2D eigenvalue weighted by Gasteiger charge is -2.36. The first-order chi connectivity index (χ1) is 11.2. The van der Waals surface area contributed by atoms with Crippen molar-refractivity contribution in [1.29, 1.82) is 0 Å². The summed E-state index contributed by atoms with van der Waals surface area (Å²) in [5.74, 6) is 0. The fraction of sp³-hybridized carbons (Fsp3) is 0.684. The lowest BCUT2D eigenvalue weighted by molar-refractivity contribution is -0.138. The second kappa shape index (κ2) is 7.87. The fourth-order valence-corrected chi connectivity index (χ4v) is 3.17. The number of nitrogens with one attached hydrogen (secondary N) is 1. The van der Waals surface area contributed by atoms with Crippen LogP contribution in [0.5, 0.6) is 0 Å². The molecule has 5 heteroatoms. The van der Waals surface area contributed by atoms with E-state index in [4.69, 9.17) is 0 Å². The summed E-state index contributed by atoms with van der Waals surface area (Å²) < 4.78 is 39.9. The zero-order chi connectivity index (χ0) is 17.8. The Labute approximate surface area is 143 Å². The summed E-state index contributed by atoms with van der Waals surface area (Å²) in [6.07, 6.45) is -1.20. The number of alkyl halides is 3. The minimum Gasteiger partial charge on any atom is -0.315 e. The fourth-order valence-electron chi connectivity index (χ4n) is 3.17. The van der Waals surface area contributed by atoms with Gasteiger partial charge in [0.05, 0.1) is 5.56 Å². The maximum Gasteiger partial charge on any atom is 0.416 e. The molecule has 1 aliphatic rings. The van der Waals surface area contributed by atoms with Crippen molar-refractivity contribution in [3.05, 3.63) is 35.4 Å². The molecule has 136 valence electrons. The molecule has 2 nitrogen and oxygen atoms in total. The van der Waals surface area contributed by atoms with Crippen molar-refractivity contribution in [3.63, 3.8) is 0 Å². The van der Waals surface area contributed by atoms with Crippen molar-refractivity contribution < 1.29 is 13.2 Å². The molecule has 1 aromatic rings. The van der Waals surface area contributed by atoms with Crippen LogP contribution in [-0.2, 0) is 12.7 Å². The Morgan fingerprint density at radius 3 is 2.46 bits per heavy atom. The van der Waals surface area contributed by atoms with Crippen LogP contribution in [0.1, 0.15) is 51.2 Å². The van der Waals surface area contributed by atoms with Crippen LogP contribution in [0.15, 0.2) is 24.3 Å². The quantitative estimate of drug-likeness (QED) is 0.835. The highest BCUT2D eigenvalue weighted by atomic mass is 19.4. The molecule has 0 aliphatic carbocycles. The summed E-state index contributed by atoms with van der Waals surface area (Å²) in [6.45, 7) is 9.57. The van der Waals surface area contributed by atoms with Crippen molar-refractivity contribution in [3.8, 4) is 0 Å². The summed E-state index contributed by atoms with van der Waals surface area (Å²) in [7, 11) is 0. The van der Waals surface area contributed by atoms with Gasteiger partial charge in [0.2, 0.25) is 0 Å². The van der Waals surface area contributed by atoms with Crippen LogP contribution in [0.4, 0.5) is 13.2 Å². The van der Waals surface area contributed by atoms with Crippen molar-refractivity contribution in [2.45, 2.75) is 58.8 Å². The van der Waals surface area contributed by atoms with E-state index in [1.165, 1.54) is 12.1 Å². The molecular formula is C19H29F3N2. The van der Waals surface area contributed by atoms with E-state index in [-0.39, 0.29) is 5.41 Å². The van der Waals surface area contributed by atoms with Crippen molar-refractivity contribution in [1.82, 2.24) is 10.2 Å². The van der Waals surface area contributed by atoms with Gasteiger partial charge in [-0.25, -0.2) is 0 Å². The molecule has 0 aromatic heterocycles. The Morgan fingerprint density at radius 1 is 1.17 bits per heavy atom. The molecule has 1 aliphatic heterocycles. The van der Waals surface area contributed by atoms with Gasteiger partial charge in [-0.15, -0.1) is 0 Å². The predicted octanol–water partition coefficient (Wildman–Crippen LogP) is 4.70. The first-order valence-electron chi connectivity index (χ1n) is 8.77. The molecule has 1 heterocycles. The highest BCUT2D eigenvalue weighted by Crippen LogP contribution is 2.33. The largest absolute Gasteiger partial charge is 0.416 e. The minimum atomic E-state index is -4.29. The first-order valence-corrected chi connectivity index (χ1v) is 8.77. The smallest absolute Gasteiger partial charge is 0.315 e. The Morgan fingerprint density at radius 2 is 1.88 bits per heavy atom. The van der Waals surface area contributed by atoms with Crippen LogP contribution in [0.3, 0.4) is 0 Å². The van der Waals surface area contributed by atoms with E-state index in [1.54, 1.807) is 12.1 Å². The third-order valence-electron chi connectivity index (χ3n) is 4.63. The topological polar surface area (TPSA) is 15.3 Å². The summed E-state index contributed by atoms with van der Waals surface area (Å²) in [6, 6.07) is 6.28. The van der Waals surface area contributed by atoms with Crippen LogP contribution < -0.4 is 5.32 Å². The Balaban J connectivity index is 2.18. The molecular weight excluding hydrogens is 313 g/mol. The van der Waals surface area contributed by atoms with Crippen LogP contribution in [0, 0.1) is 5.41 Å². The molecule has 2 rings (SSSR count). The molecule has 0 spiro atoms. The summed E-state index contributed by atoms with van der Waals surface area (Å²) in [4.78, 5) is 2.24. The Hall–Kier alpha value is -1.07. The summed E-state index contributed by atoms with van der Waals surface area (Å²) in [5, 5.41) is 3.38. The molecule has 1 aromatic carbocycles. The third-order valence-corrected chi connectivity index (χ3v) is 4.63. The van der Waals surface area contributed by atoms with E-state index in [1.807, 2.05) is 0 Å². The normalized spacial score (nSPS) is 19.7.